The lowest BCUT2D eigenvalue weighted by molar-refractivity contribution is 0.460. The van der Waals surface area contributed by atoms with Crippen molar-refractivity contribution < 1.29 is 4.74 Å². The molecule has 0 amide bonds. The molecule has 0 aliphatic carbocycles. The predicted molar refractivity (Wildman–Crippen MR) is 87.0 cm³/mol. The molecule has 0 saturated heterocycles. The van der Waals surface area contributed by atoms with Gasteiger partial charge in [0.2, 0.25) is 5.88 Å². The lowest BCUT2D eigenvalue weighted by Gasteiger charge is -2.10. The second kappa shape index (κ2) is 5.54. The molecule has 4 nitrogen and oxygen atoms in total. The van der Waals surface area contributed by atoms with E-state index in [2.05, 4.69) is 20.9 Å². The van der Waals surface area contributed by atoms with Gasteiger partial charge in [0.1, 0.15) is 17.3 Å². The van der Waals surface area contributed by atoms with Gasteiger partial charge in [0, 0.05) is 6.07 Å². The van der Waals surface area contributed by atoms with Crippen LogP contribution >= 0.6 is 15.9 Å². The van der Waals surface area contributed by atoms with E-state index in [1.54, 1.807) is 18.2 Å². The monoisotopic (exact) mass is 341 g/mol. The van der Waals surface area contributed by atoms with Crippen LogP contribution in [-0.2, 0) is 0 Å². The van der Waals surface area contributed by atoms with E-state index in [0.29, 0.717) is 17.3 Å². The topological polar surface area (TPSA) is 72.0 Å². The summed E-state index contributed by atoms with van der Waals surface area (Å²) in [5, 5.41) is 9.61. The summed E-state index contributed by atoms with van der Waals surface area (Å²) in [4.78, 5) is 4.20. The van der Waals surface area contributed by atoms with Gasteiger partial charge in [0.25, 0.3) is 0 Å². The Kier molecular flexibility index (Phi) is 3.58. The van der Waals surface area contributed by atoms with E-state index in [9.17, 15) is 0 Å². The molecular formula is C16H12BrN3O. The highest BCUT2D eigenvalue weighted by Crippen LogP contribution is 2.35. The lowest BCUT2D eigenvalue weighted by atomic mass is 10.1. The molecule has 5 heteroatoms. The quantitative estimate of drug-likeness (QED) is 0.557. The van der Waals surface area contributed by atoms with Gasteiger partial charge in [-0.1, -0.05) is 36.4 Å². The average molecular weight is 342 g/mol. The number of nitrogens with zero attached hydrogens (tertiary/aromatic N) is 1. The van der Waals surface area contributed by atoms with Crippen molar-refractivity contribution in [3.8, 4) is 11.6 Å². The fourth-order valence-electron chi connectivity index (χ4n) is 2.03. The van der Waals surface area contributed by atoms with E-state index >= 15 is 0 Å². The predicted octanol–water partition coefficient (Wildman–Crippen LogP) is 4.07. The molecule has 3 aromatic rings. The van der Waals surface area contributed by atoms with Gasteiger partial charge in [0.15, 0.2) is 0 Å². The highest BCUT2D eigenvalue weighted by atomic mass is 79.9. The highest BCUT2D eigenvalue weighted by Gasteiger charge is 2.08. The Hall–Kier alpha value is -2.40. The molecule has 0 atom stereocenters. The Balaban J connectivity index is 2.00. The smallest absolute Gasteiger partial charge is 0.219 e. The maximum absolute atomic E-state index is 7.41. The third-order valence-corrected chi connectivity index (χ3v) is 3.86. The minimum atomic E-state index is -0.0852. The fourth-order valence-corrected chi connectivity index (χ4v) is 2.60. The molecule has 0 radical (unpaired) electrons. The SMILES string of the molecule is N=C(N)c1cccc(Oc2ccc3ccccc3c2Br)n1. The molecule has 0 spiro atoms. The number of rotatable bonds is 3. The first kappa shape index (κ1) is 13.6. The van der Waals surface area contributed by atoms with Crippen molar-refractivity contribution in [2.75, 3.05) is 0 Å². The minimum Gasteiger partial charge on any atom is -0.438 e. The summed E-state index contributed by atoms with van der Waals surface area (Å²) in [6, 6.07) is 17.1. The number of nitrogens with one attached hydrogen (secondary N) is 1. The highest BCUT2D eigenvalue weighted by molar-refractivity contribution is 9.10. The van der Waals surface area contributed by atoms with Crippen molar-refractivity contribution in [3.05, 3.63) is 64.8 Å². The van der Waals surface area contributed by atoms with E-state index in [1.807, 2.05) is 36.4 Å². The van der Waals surface area contributed by atoms with Gasteiger partial charge in [-0.2, -0.15) is 0 Å². The van der Waals surface area contributed by atoms with E-state index in [1.165, 1.54) is 0 Å². The van der Waals surface area contributed by atoms with Crippen molar-refractivity contribution in [2.24, 2.45) is 5.73 Å². The summed E-state index contributed by atoms with van der Waals surface area (Å²) < 4.78 is 6.67. The van der Waals surface area contributed by atoms with Crippen LogP contribution in [0.15, 0.2) is 59.1 Å². The van der Waals surface area contributed by atoms with Crippen LogP contribution in [0.5, 0.6) is 11.6 Å². The molecule has 3 N–H and O–H groups in total. The number of halogens is 1. The zero-order valence-electron chi connectivity index (χ0n) is 11.0. The summed E-state index contributed by atoms with van der Waals surface area (Å²) in [7, 11) is 0. The van der Waals surface area contributed by atoms with Crippen molar-refractivity contribution in [1.29, 1.82) is 5.41 Å². The lowest BCUT2D eigenvalue weighted by Crippen LogP contribution is -2.13. The van der Waals surface area contributed by atoms with Crippen LogP contribution in [0, 0.1) is 5.41 Å². The third-order valence-electron chi connectivity index (χ3n) is 3.04. The number of ether oxygens (including phenoxy) is 1. The maximum Gasteiger partial charge on any atom is 0.219 e. The molecule has 0 saturated carbocycles. The molecule has 0 bridgehead atoms. The van der Waals surface area contributed by atoms with Crippen LogP contribution in [0.1, 0.15) is 5.69 Å². The summed E-state index contributed by atoms with van der Waals surface area (Å²) in [5.74, 6) is 0.985. The Labute approximate surface area is 130 Å². The molecular weight excluding hydrogens is 330 g/mol. The minimum absolute atomic E-state index is 0.0852. The molecule has 21 heavy (non-hydrogen) atoms. The summed E-state index contributed by atoms with van der Waals surface area (Å²) in [6.45, 7) is 0. The van der Waals surface area contributed by atoms with Gasteiger partial charge in [-0.25, -0.2) is 4.98 Å². The average Bonchev–Trinajstić information content (AvgIpc) is 2.51. The molecule has 2 aromatic carbocycles. The standard InChI is InChI=1S/C16H12BrN3O/c17-15-11-5-2-1-4-10(11)8-9-13(15)21-14-7-3-6-12(20-14)16(18)19/h1-9H,(H3,18,19). The van der Waals surface area contributed by atoms with Gasteiger partial charge in [-0.05, 0) is 38.8 Å². The van der Waals surface area contributed by atoms with Crippen LogP contribution in [0.3, 0.4) is 0 Å². The Morgan fingerprint density at radius 1 is 1.05 bits per heavy atom. The van der Waals surface area contributed by atoms with Gasteiger partial charge >= 0.3 is 0 Å². The summed E-state index contributed by atoms with van der Waals surface area (Å²) >= 11 is 3.57. The number of fused-ring (bicyclic) bond motifs is 1. The van der Waals surface area contributed by atoms with E-state index in [4.69, 9.17) is 15.9 Å². The van der Waals surface area contributed by atoms with Gasteiger partial charge in [-0.3, -0.25) is 5.41 Å². The van der Waals surface area contributed by atoms with Crippen LogP contribution in [0.4, 0.5) is 0 Å². The van der Waals surface area contributed by atoms with Gasteiger partial charge in [-0.15, -0.1) is 0 Å². The molecule has 0 aliphatic heterocycles. The van der Waals surface area contributed by atoms with Gasteiger partial charge < -0.3 is 10.5 Å². The Bertz CT molecular complexity index is 833. The van der Waals surface area contributed by atoms with Crippen LogP contribution < -0.4 is 10.5 Å². The third kappa shape index (κ3) is 2.73. The van der Waals surface area contributed by atoms with E-state index in [0.717, 1.165) is 15.2 Å². The van der Waals surface area contributed by atoms with Crippen LogP contribution in [0.25, 0.3) is 10.8 Å². The first-order valence-electron chi connectivity index (χ1n) is 6.32. The number of hydrogen-bond acceptors (Lipinski definition) is 3. The second-order valence-electron chi connectivity index (χ2n) is 4.48. The number of pyridine rings is 1. The molecule has 0 fully saturated rings. The van der Waals surface area contributed by atoms with Crippen LogP contribution in [-0.4, -0.2) is 10.8 Å². The fraction of sp³-hybridized carbons (Fsp3) is 0. The number of aromatic nitrogens is 1. The maximum atomic E-state index is 7.41. The molecule has 0 unspecified atom stereocenters. The van der Waals surface area contributed by atoms with E-state index < -0.39 is 0 Å². The first-order valence-corrected chi connectivity index (χ1v) is 7.11. The Morgan fingerprint density at radius 3 is 2.67 bits per heavy atom. The Morgan fingerprint density at radius 2 is 1.86 bits per heavy atom. The number of benzene rings is 2. The molecule has 1 aromatic heterocycles. The molecule has 104 valence electrons. The zero-order chi connectivity index (χ0) is 14.8. The summed E-state index contributed by atoms with van der Waals surface area (Å²) in [6.07, 6.45) is 0. The van der Waals surface area contributed by atoms with E-state index in [-0.39, 0.29) is 5.84 Å². The zero-order valence-corrected chi connectivity index (χ0v) is 12.6. The number of nitrogen functional groups attached to an aromatic ring is 1. The number of nitrogens with two attached hydrogens (primary N) is 1. The largest absolute Gasteiger partial charge is 0.438 e. The van der Waals surface area contributed by atoms with Gasteiger partial charge in [0.05, 0.1) is 4.47 Å². The summed E-state index contributed by atoms with van der Waals surface area (Å²) in [5.41, 5.74) is 5.83. The van der Waals surface area contributed by atoms with Crippen molar-refractivity contribution in [1.82, 2.24) is 4.98 Å². The van der Waals surface area contributed by atoms with Crippen molar-refractivity contribution in [3.63, 3.8) is 0 Å². The van der Waals surface area contributed by atoms with Crippen LogP contribution in [0.2, 0.25) is 0 Å². The normalized spacial score (nSPS) is 10.5. The first-order chi connectivity index (χ1) is 10.1. The second-order valence-corrected chi connectivity index (χ2v) is 5.27. The molecule has 0 aliphatic rings. The number of hydrogen-bond donors (Lipinski definition) is 2. The van der Waals surface area contributed by atoms with Crippen molar-refractivity contribution in [2.45, 2.75) is 0 Å². The molecule has 1 heterocycles. The molecule has 3 rings (SSSR count). The number of amidine groups is 1. The van der Waals surface area contributed by atoms with Crippen molar-refractivity contribution >= 4 is 32.5 Å².